The van der Waals surface area contributed by atoms with Gasteiger partial charge in [0.15, 0.2) is 0 Å². The number of fused-ring (bicyclic) bond motifs is 4. The molecule has 2 aromatic carbocycles. The second kappa shape index (κ2) is 19.1. The van der Waals surface area contributed by atoms with Crippen molar-refractivity contribution < 1.29 is 80.7 Å². The van der Waals surface area contributed by atoms with E-state index >= 15 is 0 Å². The minimum atomic E-state index is 0. The normalized spacial score (nSPS) is 14.8. The molecule has 0 spiro atoms. The zero-order chi connectivity index (χ0) is 17.3. The molecule has 0 unspecified atom stereocenters. The van der Waals surface area contributed by atoms with Crippen LogP contribution in [-0.2, 0) is 56.3 Å². The Morgan fingerprint density at radius 3 is 1.26 bits per heavy atom. The molecule has 0 nitrogen and oxygen atoms in total. The fraction of sp³-hybridized carbons (Fsp3) is 0.276. The Balaban J connectivity index is -0.000000214. The first-order valence-corrected chi connectivity index (χ1v) is 10.2. The van der Waals surface area contributed by atoms with Crippen molar-refractivity contribution in [3.05, 3.63) is 117 Å². The Bertz CT molecular complexity index is 844. The molecule has 0 aromatic heterocycles. The molecule has 5 heteroatoms. The van der Waals surface area contributed by atoms with Crippen LogP contribution >= 0.6 is 0 Å². The molecule has 4 aliphatic carbocycles. The van der Waals surface area contributed by atoms with Crippen molar-refractivity contribution in [1.82, 2.24) is 0 Å². The van der Waals surface area contributed by atoms with Crippen molar-refractivity contribution in [2.45, 2.75) is 51.4 Å². The quantitative estimate of drug-likeness (QED) is 0.279. The minimum absolute atomic E-state index is 0. The number of benzene rings is 2. The van der Waals surface area contributed by atoms with Crippen LogP contribution in [0.4, 0.5) is 0 Å². The standard InChI is InChI=1S/2C13H13.3CH3.3ClH.2Ti/c2*1-3-7-12-10(5-1)9-11-6-2-4-8-13(11)12;;;;;;;;/h2*1,3,5-7H,2,4,8-9H2;3*1H3;3*1H;;/q5*-1;;;;2*+4/p-3. The molecule has 0 heterocycles. The third kappa shape index (κ3) is 8.52. The van der Waals surface area contributed by atoms with E-state index in [-0.39, 0.29) is 103 Å². The van der Waals surface area contributed by atoms with Crippen LogP contribution < -0.4 is 37.2 Å². The Morgan fingerprint density at radius 2 is 0.882 bits per heavy atom. The first-order valence-electron chi connectivity index (χ1n) is 10.2. The molecular weight excluding hydrogens is 550 g/mol. The molecule has 6 rings (SSSR count). The van der Waals surface area contributed by atoms with E-state index in [0.29, 0.717) is 0 Å². The summed E-state index contributed by atoms with van der Waals surface area (Å²) >= 11 is 0. The summed E-state index contributed by atoms with van der Waals surface area (Å²) in [6.45, 7) is 0. The molecule has 0 N–H and O–H groups in total. The summed E-state index contributed by atoms with van der Waals surface area (Å²) in [5.74, 6) is 0. The summed E-state index contributed by atoms with van der Waals surface area (Å²) in [4.78, 5) is 0. The van der Waals surface area contributed by atoms with Gasteiger partial charge in [-0.1, -0.05) is 85.3 Å². The molecule has 4 aliphatic rings. The smallest absolute Gasteiger partial charge is 1.00 e. The second-order valence-electron chi connectivity index (χ2n) is 7.87. The van der Waals surface area contributed by atoms with Gasteiger partial charge in [0.2, 0.25) is 0 Å². The van der Waals surface area contributed by atoms with Gasteiger partial charge >= 0.3 is 43.4 Å². The fourth-order valence-corrected chi connectivity index (χ4v) is 5.00. The molecule has 0 saturated carbocycles. The average molecular weight is 586 g/mol. The molecule has 0 amide bonds. The van der Waals surface area contributed by atoms with E-state index in [9.17, 15) is 0 Å². The Labute approximate surface area is 258 Å². The number of hydrogen-bond donors (Lipinski definition) is 0. The second-order valence-corrected chi connectivity index (χ2v) is 7.87. The number of rotatable bonds is 0. The van der Waals surface area contributed by atoms with E-state index in [1.165, 1.54) is 73.6 Å². The molecule has 180 valence electrons. The number of allylic oxidation sites excluding steroid dienone is 4. The van der Waals surface area contributed by atoms with Gasteiger partial charge in [-0.05, 0) is 12.8 Å². The van der Waals surface area contributed by atoms with Gasteiger partial charge in [-0.3, -0.25) is 0 Å². The van der Waals surface area contributed by atoms with Crippen LogP contribution in [0.2, 0.25) is 0 Å². The maximum atomic E-state index is 2.43. The fourth-order valence-electron chi connectivity index (χ4n) is 5.00. The van der Waals surface area contributed by atoms with Crippen LogP contribution in [0.5, 0.6) is 0 Å². The molecule has 2 aromatic rings. The molecule has 0 radical (unpaired) electrons. The van der Waals surface area contributed by atoms with Crippen LogP contribution in [-0.4, -0.2) is 0 Å². The number of hydrogen-bond acceptors (Lipinski definition) is 0. The van der Waals surface area contributed by atoms with Gasteiger partial charge < -0.3 is 59.5 Å². The summed E-state index contributed by atoms with van der Waals surface area (Å²) < 4.78 is 0. The first kappa shape index (κ1) is 41.1. The van der Waals surface area contributed by atoms with Gasteiger partial charge in [0.25, 0.3) is 0 Å². The summed E-state index contributed by atoms with van der Waals surface area (Å²) in [5.41, 5.74) is 12.6. The maximum Gasteiger partial charge on any atom is 4.00 e. The van der Waals surface area contributed by atoms with E-state index in [4.69, 9.17) is 0 Å². The predicted molar refractivity (Wildman–Crippen MR) is 130 cm³/mol. The van der Waals surface area contributed by atoms with Crippen molar-refractivity contribution in [3.8, 4) is 0 Å². The SMILES string of the molecule is [CH3-].[CH3-].[CH3-].[Cl-].[Cl-].[Cl-].[Ti+4].[Ti+4].c1ccc2c(c1)CC1=C2CCC[CH-]1.c1ccc2c(c1)CC1=C2CCC[CH-]1. The van der Waals surface area contributed by atoms with Gasteiger partial charge in [0.05, 0.1) is 0 Å². The summed E-state index contributed by atoms with van der Waals surface area (Å²) in [6.07, 6.45) is 15.1. The minimum Gasteiger partial charge on any atom is -1.00 e. The summed E-state index contributed by atoms with van der Waals surface area (Å²) in [5, 5.41) is 0. The monoisotopic (exact) mass is 584 g/mol. The van der Waals surface area contributed by atoms with E-state index in [1.54, 1.807) is 22.3 Å². The Kier molecular flexibility index (Phi) is 23.1. The van der Waals surface area contributed by atoms with E-state index in [1.807, 2.05) is 0 Å². The third-order valence-electron chi connectivity index (χ3n) is 6.27. The van der Waals surface area contributed by atoms with Crippen LogP contribution in [0.3, 0.4) is 0 Å². The molecular formula is C29H35Cl3Ti2. The van der Waals surface area contributed by atoms with Crippen molar-refractivity contribution in [2.75, 3.05) is 0 Å². The van der Waals surface area contributed by atoms with Gasteiger partial charge in [-0.25, -0.2) is 24.0 Å². The van der Waals surface area contributed by atoms with Crippen molar-refractivity contribution in [1.29, 1.82) is 0 Å². The van der Waals surface area contributed by atoms with Gasteiger partial charge in [-0.15, -0.1) is 24.0 Å². The molecule has 0 aliphatic heterocycles. The van der Waals surface area contributed by atoms with Crippen molar-refractivity contribution in [2.24, 2.45) is 0 Å². The molecule has 0 fully saturated rings. The molecule has 0 saturated heterocycles. The van der Waals surface area contributed by atoms with Crippen LogP contribution in [0, 0.1) is 35.1 Å². The van der Waals surface area contributed by atoms with E-state index in [2.05, 4.69) is 61.4 Å². The van der Waals surface area contributed by atoms with Crippen LogP contribution in [0.15, 0.2) is 59.7 Å². The van der Waals surface area contributed by atoms with Gasteiger partial charge in [-0.2, -0.15) is 11.1 Å². The topological polar surface area (TPSA) is 0 Å². The molecule has 0 atom stereocenters. The van der Waals surface area contributed by atoms with Crippen molar-refractivity contribution >= 4 is 11.1 Å². The maximum absolute atomic E-state index is 2.43. The Hall–Kier alpha value is -0.0414. The summed E-state index contributed by atoms with van der Waals surface area (Å²) in [6, 6.07) is 17.7. The third-order valence-corrected chi connectivity index (χ3v) is 6.27. The van der Waals surface area contributed by atoms with E-state index in [0.717, 1.165) is 0 Å². The number of halogens is 3. The van der Waals surface area contributed by atoms with Crippen LogP contribution in [0.25, 0.3) is 11.1 Å². The molecule has 34 heavy (non-hydrogen) atoms. The summed E-state index contributed by atoms with van der Waals surface area (Å²) in [7, 11) is 0. The largest absolute Gasteiger partial charge is 4.00 e. The van der Waals surface area contributed by atoms with E-state index < -0.39 is 0 Å². The average Bonchev–Trinajstić information content (AvgIpc) is 3.27. The van der Waals surface area contributed by atoms with Gasteiger partial charge in [0.1, 0.15) is 0 Å². The predicted octanol–water partition coefficient (Wildman–Crippen LogP) is -0.873. The van der Waals surface area contributed by atoms with Crippen molar-refractivity contribution in [3.63, 3.8) is 0 Å². The zero-order valence-electron chi connectivity index (χ0n) is 20.6. The first-order chi connectivity index (χ1) is 12.9. The zero-order valence-corrected chi connectivity index (χ0v) is 26.0. The molecule has 0 bridgehead atoms. The van der Waals surface area contributed by atoms with Crippen LogP contribution in [0.1, 0.15) is 60.8 Å². The Morgan fingerprint density at radius 1 is 0.529 bits per heavy atom. The van der Waals surface area contributed by atoms with Gasteiger partial charge in [0, 0.05) is 0 Å².